The van der Waals surface area contributed by atoms with Gasteiger partial charge in [0.25, 0.3) is 0 Å². The first-order chi connectivity index (χ1) is 30.8. The van der Waals surface area contributed by atoms with E-state index in [0.29, 0.717) is 0 Å². The van der Waals surface area contributed by atoms with Crippen molar-refractivity contribution < 1.29 is 131 Å². The van der Waals surface area contributed by atoms with Crippen LogP contribution in [-0.2, 0) is 65.4 Å². The number of carbonyl (C=O) groups excluding carboxylic acids is 4. The largest absolute Gasteiger partial charge is 0.472 e. The normalized spacial score (nSPS) is 30.4. The van der Waals surface area contributed by atoms with Crippen LogP contribution >= 0.6 is 15.6 Å². The van der Waals surface area contributed by atoms with Crippen molar-refractivity contribution in [1.29, 1.82) is 0 Å². The fourth-order valence-electron chi connectivity index (χ4n) is 6.13. The standard InChI is InChI=1S/C33H62N4O27P2/c1-14(41)36-24-28(51)26(49)21(9-39)61-32(24)63-30(17(44)8-38)18(45)11-59-66(55,56)60-13-20(47)31(64-33-25(37-15(2)42)29(52)27(50)22(10-40)62-33)19(46)12-58-65(53,54)57-6-5-35-23(48)4-3-16(43)7-34/h17-22,24-33,38-40,44-47,49-52H,3-13,34H2,1-2H3,(H,35,48)(H,36,41)(H,37,42)(H,53,54)(H,55,56)/t17-,18+,19+,20-,21?,22?,24?,25?,26-,27-,28-,29-,30-,31+,32+,33+/m1/s1. The zero-order valence-corrected chi connectivity index (χ0v) is 37.3. The Kier molecular flexibility index (Phi) is 25.7. The Labute approximate surface area is 375 Å². The number of aliphatic hydroxyl groups is 11. The molecule has 31 nitrogen and oxygen atoms in total. The van der Waals surface area contributed by atoms with Crippen LogP contribution in [0.15, 0.2) is 0 Å². The van der Waals surface area contributed by atoms with Crippen molar-refractivity contribution in [2.45, 2.75) is 125 Å². The molecule has 0 aliphatic carbocycles. The lowest BCUT2D eigenvalue weighted by molar-refractivity contribution is -0.299. The van der Waals surface area contributed by atoms with E-state index in [1.807, 2.05) is 0 Å². The summed E-state index contributed by atoms with van der Waals surface area (Å²) in [6.07, 6.45) is -28.0. The van der Waals surface area contributed by atoms with Crippen LogP contribution < -0.4 is 21.7 Å². The average molecular weight is 1010 g/mol. The Bertz CT molecular complexity index is 1620. The van der Waals surface area contributed by atoms with Gasteiger partial charge >= 0.3 is 15.6 Å². The number of phosphoric acid groups is 2. The third-order valence-corrected chi connectivity index (χ3v) is 11.5. The Morgan fingerprint density at radius 2 is 1.03 bits per heavy atom. The van der Waals surface area contributed by atoms with E-state index in [0.717, 1.165) is 13.8 Å². The van der Waals surface area contributed by atoms with E-state index in [1.54, 1.807) is 0 Å². The minimum atomic E-state index is -5.47. The summed E-state index contributed by atoms with van der Waals surface area (Å²) in [5, 5.41) is 121. The van der Waals surface area contributed by atoms with Gasteiger partial charge in [-0.2, -0.15) is 0 Å². The predicted octanol–water partition coefficient (Wildman–Crippen LogP) is -9.23. The van der Waals surface area contributed by atoms with Gasteiger partial charge in [0, 0.05) is 33.2 Å². The van der Waals surface area contributed by atoms with Crippen molar-refractivity contribution in [3.05, 3.63) is 0 Å². The quantitative estimate of drug-likeness (QED) is 0.0235. The maximum Gasteiger partial charge on any atom is 0.472 e. The van der Waals surface area contributed by atoms with Gasteiger partial charge in [0.05, 0.1) is 52.8 Å². The number of Topliss-reactive ketones (excluding diaryl/α,β-unsaturated/α-hetero) is 1. The highest BCUT2D eigenvalue weighted by Crippen LogP contribution is 2.45. The van der Waals surface area contributed by atoms with E-state index >= 15 is 0 Å². The maximum atomic E-state index is 13.0. The number of ether oxygens (including phenoxy) is 4. The van der Waals surface area contributed by atoms with Crippen LogP contribution in [0.3, 0.4) is 0 Å². The molecule has 0 aromatic heterocycles. The number of aliphatic hydroxyl groups excluding tert-OH is 11. The molecule has 0 radical (unpaired) electrons. The summed E-state index contributed by atoms with van der Waals surface area (Å²) in [7, 11) is -10.6. The van der Waals surface area contributed by atoms with Crippen molar-refractivity contribution in [3.8, 4) is 0 Å². The summed E-state index contributed by atoms with van der Waals surface area (Å²) >= 11 is 0. The minimum absolute atomic E-state index is 0.160. The van der Waals surface area contributed by atoms with E-state index in [2.05, 4.69) is 16.0 Å². The summed E-state index contributed by atoms with van der Waals surface area (Å²) < 4.78 is 66.5. The highest BCUT2D eigenvalue weighted by molar-refractivity contribution is 7.47. The highest BCUT2D eigenvalue weighted by atomic mass is 31.2. The second-order valence-corrected chi connectivity index (χ2v) is 17.7. The molecule has 2 heterocycles. The van der Waals surface area contributed by atoms with E-state index in [1.165, 1.54) is 0 Å². The molecule has 18 atom stereocenters. The Balaban J connectivity index is 2.24. The van der Waals surface area contributed by atoms with Gasteiger partial charge in [0.1, 0.15) is 91.1 Å². The molecule has 2 fully saturated rings. The SMILES string of the molecule is CC(=O)NC1[C@H](O[C@H]([C@H](O)CO)[C@@H](O)COP(=O)(O)OC[C@@H](O)[C@@H](O[C@@H]2OC(CO)[C@@H](O)[C@H](O)C2NC(C)=O)[C@@H](O)COP(=O)(O)OCCNC(=O)CCC(=O)CN)OC(CO)[C@@H](O)[C@@H]1O. The lowest BCUT2D eigenvalue weighted by Gasteiger charge is -2.44. The van der Waals surface area contributed by atoms with E-state index in [4.69, 9.17) is 42.8 Å². The molecule has 0 spiro atoms. The van der Waals surface area contributed by atoms with Gasteiger partial charge in [0.2, 0.25) is 17.7 Å². The number of ketones is 1. The summed E-state index contributed by atoms with van der Waals surface area (Å²) in [4.78, 5) is 67.6. The predicted molar refractivity (Wildman–Crippen MR) is 211 cm³/mol. The summed E-state index contributed by atoms with van der Waals surface area (Å²) in [5.41, 5.74) is 5.18. The van der Waals surface area contributed by atoms with Crippen LogP contribution in [0.2, 0.25) is 0 Å². The van der Waals surface area contributed by atoms with Gasteiger partial charge in [-0.05, 0) is 0 Å². The molecule has 6 unspecified atom stereocenters. The van der Waals surface area contributed by atoms with Crippen LogP contribution in [0.4, 0.5) is 0 Å². The second kappa shape index (κ2) is 28.4. The topological polar surface area (TPSA) is 501 Å². The number of amides is 3. The number of nitrogens with two attached hydrogens (primary N) is 1. The molecule has 2 saturated heterocycles. The zero-order valence-electron chi connectivity index (χ0n) is 35.5. The third-order valence-electron chi connectivity index (χ3n) is 9.55. The van der Waals surface area contributed by atoms with Crippen molar-refractivity contribution >= 4 is 39.2 Å². The Morgan fingerprint density at radius 1 is 0.636 bits per heavy atom. The molecule has 18 N–H and O–H groups in total. The molecule has 66 heavy (non-hydrogen) atoms. The second-order valence-electron chi connectivity index (χ2n) is 14.8. The molecule has 0 bridgehead atoms. The Hall–Kier alpha value is -2.34. The molecular formula is C33H62N4O27P2. The van der Waals surface area contributed by atoms with Gasteiger partial charge in [-0.15, -0.1) is 0 Å². The lowest BCUT2D eigenvalue weighted by atomic mass is 9.96. The molecule has 33 heteroatoms. The third kappa shape index (κ3) is 19.2. The number of rotatable bonds is 30. The lowest BCUT2D eigenvalue weighted by Crippen LogP contribution is -2.66. The van der Waals surface area contributed by atoms with E-state index in [9.17, 15) is 94.3 Å². The highest BCUT2D eigenvalue weighted by Gasteiger charge is 2.49. The van der Waals surface area contributed by atoms with Gasteiger partial charge in [0.15, 0.2) is 12.6 Å². The van der Waals surface area contributed by atoms with Crippen molar-refractivity contribution in [2.75, 3.05) is 59.3 Å². The smallest absolute Gasteiger partial charge is 0.394 e. The number of hydrogen-bond acceptors (Lipinski definition) is 26. The first-order valence-corrected chi connectivity index (χ1v) is 23.0. The Morgan fingerprint density at radius 3 is 1.39 bits per heavy atom. The fraction of sp³-hybridized carbons (Fsp3) is 0.879. The van der Waals surface area contributed by atoms with Gasteiger partial charge in [-0.25, -0.2) is 9.13 Å². The molecular weight excluding hydrogens is 946 g/mol. The van der Waals surface area contributed by atoms with Crippen LogP contribution in [0.5, 0.6) is 0 Å². The monoisotopic (exact) mass is 1010 g/mol. The van der Waals surface area contributed by atoms with Gasteiger partial charge < -0.3 is 107 Å². The van der Waals surface area contributed by atoms with Crippen molar-refractivity contribution in [1.82, 2.24) is 16.0 Å². The molecule has 3 amide bonds. The molecule has 2 aliphatic rings. The number of hydrogen-bond donors (Lipinski definition) is 17. The van der Waals surface area contributed by atoms with Crippen LogP contribution in [-0.4, -0.2) is 247 Å². The number of nitrogens with one attached hydrogen (secondary N) is 3. The molecule has 2 rings (SSSR count). The minimum Gasteiger partial charge on any atom is -0.394 e. The van der Waals surface area contributed by atoms with E-state index in [-0.39, 0.29) is 25.9 Å². The van der Waals surface area contributed by atoms with Gasteiger partial charge in [-0.1, -0.05) is 0 Å². The first-order valence-electron chi connectivity index (χ1n) is 20.0. The molecule has 2 aliphatic heterocycles. The van der Waals surface area contributed by atoms with E-state index < -0.39 is 183 Å². The molecule has 0 aromatic carbocycles. The molecule has 386 valence electrons. The van der Waals surface area contributed by atoms with Crippen LogP contribution in [0, 0.1) is 0 Å². The fourth-order valence-corrected chi connectivity index (χ4v) is 7.62. The van der Waals surface area contributed by atoms with Crippen LogP contribution in [0.25, 0.3) is 0 Å². The first kappa shape index (κ1) is 59.8. The number of carbonyl (C=O) groups is 4. The summed E-state index contributed by atoms with van der Waals surface area (Å²) in [5.74, 6) is -2.63. The summed E-state index contributed by atoms with van der Waals surface area (Å²) in [6.45, 7) is -6.23. The molecule has 0 aromatic rings. The van der Waals surface area contributed by atoms with Gasteiger partial charge in [-0.3, -0.25) is 37.3 Å². The average Bonchev–Trinajstić information content (AvgIpc) is 3.26. The number of phosphoric ester groups is 2. The zero-order chi connectivity index (χ0) is 50.1. The maximum absolute atomic E-state index is 13.0. The van der Waals surface area contributed by atoms with Crippen LogP contribution in [0.1, 0.15) is 26.7 Å². The van der Waals surface area contributed by atoms with Crippen molar-refractivity contribution in [3.63, 3.8) is 0 Å². The summed E-state index contributed by atoms with van der Waals surface area (Å²) in [6, 6.07) is -3.32. The van der Waals surface area contributed by atoms with Crippen molar-refractivity contribution in [2.24, 2.45) is 5.73 Å². The molecule has 0 saturated carbocycles.